The van der Waals surface area contributed by atoms with E-state index in [1.165, 1.54) is 6.08 Å². The molecule has 0 N–H and O–H groups in total. The lowest BCUT2D eigenvalue weighted by Gasteiger charge is -2.37. The Labute approximate surface area is 192 Å². The lowest BCUT2D eigenvalue weighted by molar-refractivity contribution is -0.142. The summed E-state index contributed by atoms with van der Waals surface area (Å²) in [6.07, 6.45) is 3.33. The van der Waals surface area contributed by atoms with Gasteiger partial charge in [0.15, 0.2) is 17.6 Å². The second-order valence-electron chi connectivity index (χ2n) is 8.05. The molecule has 1 saturated heterocycles. The molecule has 0 spiro atoms. The van der Waals surface area contributed by atoms with Crippen molar-refractivity contribution >= 4 is 23.6 Å². The predicted octanol–water partition coefficient (Wildman–Crippen LogP) is 2.51. The summed E-state index contributed by atoms with van der Waals surface area (Å²) in [6.45, 7) is 3.45. The second-order valence-corrected chi connectivity index (χ2v) is 8.05. The molecule has 33 heavy (non-hydrogen) atoms. The van der Waals surface area contributed by atoms with Gasteiger partial charge in [-0.15, -0.1) is 0 Å². The van der Waals surface area contributed by atoms with Crippen molar-refractivity contribution in [1.29, 1.82) is 0 Å². The van der Waals surface area contributed by atoms with Crippen molar-refractivity contribution in [3.8, 4) is 17.2 Å². The lowest BCUT2D eigenvalue weighted by Crippen LogP contribution is -2.53. The monoisotopic (exact) mass is 450 g/mol. The smallest absolute Gasteiger partial charge is 0.265 e. The Hall–Kier alpha value is -3.52. The van der Waals surface area contributed by atoms with Crippen LogP contribution >= 0.6 is 0 Å². The molecule has 3 heterocycles. The van der Waals surface area contributed by atoms with E-state index >= 15 is 0 Å². The summed E-state index contributed by atoms with van der Waals surface area (Å²) in [5.41, 5.74) is 1.48. The molecular weight excluding hydrogens is 424 g/mol. The van der Waals surface area contributed by atoms with Gasteiger partial charge >= 0.3 is 0 Å². The molecular formula is C25H26N2O6. The normalized spacial score (nSPS) is 20.1. The Balaban J connectivity index is 1.35. The third-order valence-electron chi connectivity index (χ3n) is 5.83. The van der Waals surface area contributed by atoms with Crippen molar-refractivity contribution in [2.45, 2.75) is 12.5 Å². The summed E-state index contributed by atoms with van der Waals surface area (Å²) in [5.74, 6) is 1.56. The number of nitrogens with zero attached hydrogens (tertiary/aromatic N) is 2. The number of amides is 2. The first-order valence-electron chi connectivity index (χ1n) is 11.2. The molecule has 1 fully saturated rings. The maximum absolute atomic E-state index is 13.2. The highest BCUT2D eigenvalue weighted by Gasteiger charge is 2.35. The first-order chi connectivity index (χ1) is 16.2. The Morgan fingerprint density at radius 1 is 0.909 bits per heavy atom. The fourth-order valence-electron chi connectivity index (χ4n) is 4.10. The average Bonchev–Trinajstić information content (AvgIpc) is 3.11. The molecule has 0 aromatic heterocycles. The number of anilines is 1. The molecule has 0 saturated carbocycles. The minimum absolute atomic E-state index is 0.127. The van der Waals surface area contributed by atoms with Crippen molar-refractivity contribution in [3.63, 3.8) is 0 Å². The maximum Gasteiger partial charge on any atom is 0.265 e. The zero-order valence-electron chi connectivity index (χ0n) is 18.3. The molecule has 2 aromatic rings. The zero-order valence-corrected chi connectivity index (χ0v) is 18.3. The van der Waals surface area contributed by atoms with Crippen molar-refractivity contribution in [2.24, 2.45) is 0 Å². The number of rotatable bonds is 3. The van der Waals surface area contributed by atoms with Gasteiger partial charge in [-0.3, -0.25) is 9.59 Å². The molecule has 1 atom stereocenters. The van der Waals surface area contributed by atoms with Gasteiger partial charge in [0.25, 0.3) is 11.8 Å². The van der Waals surface area contributed by atoms with Crippen LogP contribution < -0.4 is 19.1 Å². The minimum Gasteiger partial charge on any atom is -0.490 e. The third-order valence-corrected chi connectivity index (χ3v) is 5.83. The van der Waals surface area contributed by atoms with Gasteiger partial charge in [-0.2, -0.15) is 0 Å². The van der Waals surface area contributed by atoms with Gasteiger partial charge in [0, 0.05) is 25.6 Å². The standard InChI is InChI=1S/C25H26N2O6/c28-24(9-7-18-6-8-21-22(16-18)32-13-3-12-31-21)27-17-23(25(29)26-10-14-30-15-11-26)33-20-5-2-1-4-19(20)27/h1-2,4-9,16,23H,3,10-15,17H2. The van der Waals surface area contributed by atoms with Crippen LogP contribution in [0, 0.1) is 0 Å². The van der Waals surface area contributed by atoms with Crippen LogP contribution in [-0.4, -0.2) is 68.9 Å². The highest BCUT2D eigenvalue weighted by Crippen LogP contribution is 2.34. The van der Waals surface area contributed by atoms with Crippen molar-refractivity contribution < 1.29 is 28.5 Å². The number of ether oxygens (including phenoxy) is 4. The molecule has 3 aliphatic rings. The molecule has 172 valence electrons. The van der Waals surface area contributed by atoms with Crippen molar-refractivity contribution in [1.82, 2.24) is 4.90 Å². The van der Waals surface area contributed by atoms with Crippen LogP contribution in [0.15, 0.2) is 48.5 Å². The summed E-state index contributed by atoms with van der Waals surface area (Å²) in [6, 6.07) is 12.9. The van der Waals surface area contributed by atoms with E-state index in [1.807, 2.05) is 36.4 Å². The molecule has 0 radical (unpaired) electrons. The van der Waals surface area contributed by atoms with Gasteiger partial charge in [0.05, 0.1) is 38.7 Å². The number of para-hydroxylation sites is 2. The summed E-state index contributed by atoms with van der Waals surface area (Å²) < 4.78 is 22.7. The number of hydrogen-bond donors (Lipinski definition) is 0. The quantitative estimate of drug-likeness (QED) is 0.669. The SMILES string of the molecule is O=C(C1CN(C(=O)C=Cc2ccc3c(c2)OCCCO3)c2ccccc2O1)N1CCOCC1. The number of carbonyl (C=O) groups excluding carboxylic acids is 2. The highest BCUT2D eigenvalue weighted by molar-refractivity contribution is 6.05. The highest BCUT2D eigenvalue weighted by atomic mass is 16.5. The van der Waals surface area contributed by atoms with Gasteiger partial charge in [0.1, 0.15) is 5.75 Å². The van der Waals surface area contributed by atoms with E-state index in [0.717, 1.165) is 12.0 Å². The van der Waals surface area contributed by atoms with Gasteiger partial charge in [-0.05, 0) is 35.9 Å². The van der Waals surface area contributed by atoms with Gasteiger partial charge < -0.3 is 28.7 Å². The molecule has 0 bridgehead atoms. The van der Waals surface area contributed by atoms with Crippen molar-refractivity contribution in [3.05, 3.63) is 54.1 Å². The molecule has 0 aliphatic carbocycles. The van der Waals surface area contributed by atoms with Crippen LogP contribution in [0.4, 0.5) is 5.69 Å². The topological polar surface area (TPSA) is 77.5 Å². The van der Waals surface area contributed by atoms with Crippen LogP contribution in [0.5, 0.6) is 17.2 Å². The number of morpholine rings is 1. The molecule has 2 aromatic carbocycles. The average molecular weight is 450 g/mol. The fraction of sp³-hybridized carbons (Fsp3) is 0.360. The summed E-state index contributed by atoms with van der Waals surface area (Å²) in [5, 5.41) is 0. The molecule has 1 unspecified atom stereocenters. The van der Waals surface area contributed by atoms with E-state index < -0.39 is 6.10 Å². The van der Waals surface area contributed by atoms with Crippen LogP contribution in [-0.2, 0) is 14.3 Å². The maximum atomic E-state index is 13.2. The Morgan fingerprint density at radius 2 is 1.70 bits per heavy atom. The van der Waals surface area contributed by atoms with E-state index in [2.05, 4.69) is 0 Å². The number of fused-ring (bicyclic) bond motifs is 2. The van der Waals surface area contributed by atoms with E-state index in [4.69, 9.17) is 18.9 Å². The Bertz CT molecular complexity index is 1060. The van der Waals surface area contributed by atoms with Gasteiger partial charge in [-0.25, -0.2) is 0 Å². The molecule has 8 heteroatoms. The molecule has 5 rings (SSSR count). The van der Waals surface area contributed by atoms with E-state index in [-0.39, 0.29) is 18.4 Å². The summed E-state index contributed by atoms with van der Waals surface area (Å²) >= 11 is 0. The van der Waals surface area contributed by atoms with E-state index in [0.29, 0.717) is 62.5 Å². The van der Waals surface area contributed by atoms with Crippen LogP contribution in [0.2, 0.25) is 0 Å². The Kier molecular flexibility index (Phi) is 6.17. The first-order valence-corrected chi connectivity index (χ1v) is 11.2. The fourth-order valence-corrected chi connectivity index (χ4v) is 4.10. The summed E-state index contributed by atoms with van der Waals surface area (Å²) in [7, 11) is 0. The third kappa shape index (κ3) is 4.66. The van der Waals surface area contributed by atoms with Crippen LogP contribution in [0.1, 0.15) is 12.0 Å². The van der Waals surface area contributed by atoms with E-state index in [9.17, 15) is 9.59 Å². The van der Waals surface area contributed by atoms with Gasteiger partial charge in [-0.1, -0.05) is 18.2 Å². The molecule has 8 nitrogen and oxygen atoms in total. The lowest BCUT2D eigenvalue weighted by atomic mass is 10.1. The van der Waals surface area contributed by atoms with Crippen LogP contribution in [0.25, 0.3) is 6.08 Å². The number of benzene rings is 2. The number of hydrogen-bond acceptors (Lipinski definition) is 6. The largest absolute Gasteiger partial charge is 0.490 e. The minimum atomic E-state index is -0.756. The van der Waals surface area contributed by atoms with Gasteiger partial charge in [0.2, 0.25) is 0 Å². The van der Waals surface area contributed by atoms with Crippen molar-refractivity contribution in [2.75, 3.05) is 51.0 Å². The number of carbonyl (C=O) groups is 2. The second kappa shape index (κ2) is 9.54. The zero-order chi connectivity index (χ0) is 22.6. The predicted molar refractivity (Wildman–Crippen MR) is 122 cm³/mol. The summed E-state index contributed by atoms with van der Waals surface area (Å²) in [4.78, 5) is 29.6. The first kappa shape index (κ1) is 21.3. The Morgan fingerprint density at radius 3 is 2.55 bits per heavy atom. The van der Waals surface area contributed by atoms with Crippen LogP contribution in [0.3, 0.4) is 0 Å². The molecule has 3 aliphatic heterocycles. The molecule has 2 amide bonds. The van der Waals surface area contributed by atoms with E-state index in [1.54, 1.807) is 21.9 Å².